The lowest BCUT2D eigenvalue weighted by atomic mass is 9.91. The van der Waals surface area contributed by atoms with Crippen molar-refractivity contribution in [2.24, 2.45) is 0 Å². The molecule has 3 aromatic rings. The van der Waals surface area contributed by atoms with Crippen LogP contribution in [-0.2, 0) is 0 Å². The van der Waals surface area contributed by atoms with Gasteiger partial charge in [-0.2, -0.15) is 0 Å². The Labute approximate surface area is 195 Å². The second-order valence-electron chi connectivity index (χ2n) is 8.68. The van der Waals surface area contributed by atoms with Gasteiger partial charge in [-0.25, -0.2) is 9.97 Å². The molecule has 0 unspecified atom stereocenters. The summed E-state index contributed by atoms with van der Waals surface area (Å²) in [6.45, 7) is 2.01. The number of nitrogens with zero attached hydrogens (tertiary/aromatic N) is 3. The van der Waals surface area contributed by atoms with E-state index in [1.807, 2.05) is 51.4 Å². The number of rotatable bonds is 7. The van der Waals surface area contributed by atoms with Crippen LogP contribution in [0, 0.1) is 6.92 Å². The molecule has 0 bridgehead atoms. The maximum absolute atomic E-state index is 13.0. The van der Waals surface area contributed by atoms with Crippen LogP contribution in [0.1, 0.15) is 41.7 Å². The van der Waals surface area contributed by atoms with E-state index in [-0.39, 0.29) is 11.9 Å². The second-order valence-corrected chi connectivity index (χ2v) is 8.68. The molecule has 0 spiro atoms. The SMILES string of the molecule is Cc1cc(N(C)C)cc(NC2CCC(NC(=O)c3cccnc3Oc3ccccc3)CC2)n1. The van der Waals surface area contributed by atoms with E-state index in [1.165, 1.54) is 0 Å². The lowest BCUT2D eigenvalue weighted by Crippen LogP contribution is -2.40. The number of nitrogens with one attached hydrogen (secondary N) is 2. The van der Waals surface area contributed by atoms with Crippen molar-refractivity contribution in [3.8, 4) is 11.6 Å². The first-order chi connectivity index (χ1) is 16.0. The van der Waals surface area contributed by atoms with Gasteiger partial charge in [0.15, 0.2) is 0 Å². The van der Waals surface area contributed by atoms with Gasteiger partial charge < -0.3 is 20.3 Å². The van der Waals surface area contributed by atoms with E-state index in [1.54, 1.807) is 18.3 Å². The fourth-order valence-corrected chi connectivity index (χ4v) is 4.08. The van der Waals surface area contributed by atoms with Gasteiger partial charge in [-0.15, -0.1) is 0 Å². The minimum atomic E-state index is -0.151. The molecule has 0 saturated heterocycles. The monoisotopic (exact) mass is 445 g/mol. The van der Waals surface area contributed by atoms with Crippen LogP contribution in [0.3, 0.4) is 0 Å². The molecule has 1 amide bonds. The first-order valence-corrected chi connectivity index (χ1v) is 11.4. The minimum absolute atomic E-state index is 0.128. The van der Waals surface area contributed by atoms with Crippen molar-refractivity contribution in [2.45, 2.75) is 44.7 Å². The zero-order chi connectivity index (χ0) is 23.2. The highest BCUT2D eigenvalue weighted by Crippen LogP contribution is 2.26. The number of hydrogen-bond donors (Lipinski definition) is 2. The van der Waals surface area contributed by atoms with Crippen molar-refractivity contribution in [3.05, 3.63) is 72.1 Å². The smallest absolute Gasteiger partial charge is 0.257 e. The summed E-state index contributed by atoms with van der Waals surface area (Å²) in [5.74, 6) is 1.73. The van der Waals surface area contributed by atoms with Gasteiger partial charge >= 0.3 is 0 Å². The molecule has 7 heteroatoms. The Morgan fingerprint density at radius 3 is 2.45 bits per heavy atom. The van der Waals surface area contributed by atoms with Gasteiger partial charge in [-0.05, 0) is 62.9 Å². The number of hydrogen-bond acceptors (Lipinski definition) is 6. The fourth-order valence-electron chi connectivity index (χ4n) is 4.08. The van der Waals surface area contributed by atoms with Crippen molar-refractivity contribution in [2.75, 3.05) is 24.3 Å². The second kappa shape index (κ2) is 10.3. The van der Waals surface area contributed by atoms with E-state index in [2.05, 4.69) is 37.6 Å². The normalized spacial score (nSPS) is 17.8. The third kappa shape index (κ3) is 6.00. The fraction of sp³-hybridized carbons (Fsp3) is 0.346. The van der Waals surface area contributed by atoms with E-state index in [0.29, 0.717) is 23.2 Å². The van der Waals surface area contributed by atoms with Gasteiger partial charge in [0, 0.05) is 49.8 Å². The molecule has 2 aromatic heterocycles. The Morgan fingerprint density at radius 2 is 1.73 bits per heavy atom. The highest BCUT2D eigenvalue weighted by atomic mass is 16.5. The van der Waals surface area contributed by atoms with Crippen LogP contribution in [0.15, 0.2) is 60.8 Å². The molecular weight excluding hydrogens is 414 g/mol. The number of carbonyl (C=O) groups is 1. The van der Waals surface area contributed by atoms with Crippen LogP contribution in [0.25, 0.3) is 0 Å². The van der Waals surface area contributed by atoms with Crippen molar-refractivity contribution in [1.82, 2.24) is 15.3 Å². The number of pyridine rings is 2. The number of anilines is 2. The van der Waals surface area contributed by atoms with Crippen molar-refractivity contribution < 1.29 is 9.53 Å². The molecule has 1 aromatic carbocycles. The number of amides is 1. The molecule has 2 N–H and O–H groups in total. The van der Waals surface area contributed by atoms with Crippen LogP contribution in [0.2, 0.25) is 0 Å². The summed E-state index contributed by atoms with van der Waals surface area (Å²) in [4.78, 5) is 24.0. The first kappa shape index (κ1) is 22.6. The molecule has 172 valence electrons. The minimum Gasteiger partial charge on any atom is -0.438 e. The van der Waals surface area contributed by atoms with Crippen LogP contribution >= 0.6 is 0 Å². The Hall–Kier alpha value is -3.61. The Morgan fingerprint density at radius 1 is 1.00 bits per heavy atom. The molecule has 7 nitrogen and oxygen atoms in total. The molecule has 1 aliphatic carbocycles. The lowest BCUT2D eigenvalue weighted by Gasteiger charge is -2.30. The van der Waals surface area contributed by atoms with Crippen LogP contribution in [0.5, 0.6) is 11.6 Å². The van der Waals surface area contributed by atoms with Crippen molar-refractivity contribution >= 4 is 17.4 Å². The summed E-state index contributed by atoms with van der Waals surface area (Å²) in [5, 5.41) is 6.75. The van der Waals surface area contributed by atoms with E-state index in [0.717, 1.165) is 42.9 Å². The third-order valence-corrected chi connectivity index (χ3v) is 5.84. The van der Waals surface area contributed by atoms with Gasteiger partial charge in [0.05, 0.1) is 0 Å². The van der Waals surface area contributed by atoms with Gasteiger partial charge in [0.2, 0.25) is 5.88 Å². The number of aryl methyl sites for hydroxylation is 1. The Balaban J connectivity index is 1.33. The number of ether oxygens (including phenoxy) is 1. The molecule has 2 heterocycles. The summed E-state index contributed by atoms with van der Waals surface area (Å²) >= 11 is 0. The van der Waals surface area contributed by atoms with Gasteiger partial charge in [-0.3, -0.25) is 4.79 Å². The average Bonchev–Trinajstić information content (AvgIpc) is 2.81. The average molecular weight is 446 g/mol. The van der Waals surface area contributed by atoms with Crippen LogP contribution < -0.4 is 20.3 Å². The molecular formula is C26H31N5O2. The molecule has 0 atom stereocenters. The van der Waals surface area contributed by atoms with E-state index >= 15 is 0 Å². The van der Waals surface area contributed by atoms with E-state index in [4.69, 9.17) is 4.74 Å². The quantitative estimate of drug-likeness (QED) is 0.544. The van der Waals surface area contributed by atoms with E-state index in [9.17, 15) is 4.79 Å². The standard InChI is InChI=1S/C26H31N5O2/c1-18-16-21(31(2)3)17-24(28-18)29-19-11-13-20(14-12-19)30-25(32)23-10-7-15-27-26(23)33-22-8-5-4-6-9-22/h4-10,15-17,19-20H,11-14H2,1-3H3,(H,28,29)(H,30,32). The maximum atomic E-state index is 13.0. The highest BCUT2D eigenvalue weighted by Gasteiger charge is 2.24. The summed E-state index contributed by atoms with van der Waals surface area (Å²) in [6, 6.07) is 17.5. The van der Waals surface area contributed by atoms with Crippen molar-refractivity contribution in [3.63, 3.8) is 0 Å². The molecule has 1 fully saturated rings. The Kier molecular flexibility index (Phi) is 7.07. The highest BCUT2D eigenvalue weighted by molar-refractivity contribution is 5.96. The molecule has 4 rings (SSSR count). The van der Waals surface area contributed by atoms with Gasteiger partial charge in [0.25, 0.3) is 5.91 Å². The van der Waals surface area contributed by atoms with Gasteiger partial charge in [0.1, 0.15) is 17.1 Å². The number of carbonyl (C=O) groups excluding carboxylic acids is 1. The number of para-hydroxylation sites is 1. The molecule has 33 heavy (non-hydrogen) atoms. The summed E-state index contributed by atoms with van der Waals surface area (Å²) in [7, 11) is 4.07. The van der Waals surface area contributed by atoms with Gasteiger partial charge in [-0.1, -0.05) is 18.2 Å². The number of benzene rings is 1. The molecule has 0 aliphatic heterocycles. The zero-order valence-electron chi connectivity index (χ0n) is 19.4. The topological polar surface area (TPSA) is 79.4 Å². The summed E-state index contributed by atoms with van der Waals surface area (Å²) in [5.41, 5.74) is 2.58. The zero-order valence-corrected chi connectivity index (χ0v) is 19.4. The molecule has 1 saturated carbocycles. The third-order valence-electron chi connectivity index (χ3n) is 5.84. The Bertz CT molecular complexity index is 1080. The summed E-state index contributed by atoms with van der Waals surface area (Å²) in [6.07, 6.45) is 5.39. The van der Waals surface area contributed by atoms with Crippen molar-refractivity contribution in [1.29, 1.82) is 0 Å². The lowest BCUT2D eigenvalue weighted by molar-refractivity contribution is 0.0923. The molecule has 0 radical (unpaired) electrons. The largest absolute Gasteiger partial charge is 0.438 e. The predicted molar refractivity (Wildman–Crippen MR) is 131 cm³/mol. The number of aromatic nitrogens is 2. The van der Waals surface area contributed by atoms with E-state index < -0.39 is 0 Å². The maximum Gasteiger partial charge on any atom is 0.257 e. The molecule has 1 aliphatic rings. The van der Waals surface area contributed by atoms with Crippen LogP contribution in [-0.4, -0.2) is 42.1 Å². The predicted octanol–water partition coefficient (Wildman–Crippen LogP) is 4.80. The van der Waals surface area contributed by atoms with Crippen LogP contribution in [0.4, 0.5) is 11.5 Å². The first-order valence-electron chi connectivity index (χ1n) is 11.4. The summed E-state index contributed by atoms with van der Waals surface area (Å²) < 4.78 is 5.85.